The molecule has 1 rings (SSSR count). The molecule has 0 bridgehead atoms. The van der Waals surface area contributed by atoms with Gasteiger partial charge in [0.05, 0.1) is 18.1 Å². The number of hydrogen-bond acceptors (Lipinski definition) is 3. The lowest BCUT2D eigenvalue weighted by atomic mass is 10.1. The van der Waals surface area contributed by atoms with E-state index in [1.54, 1.807) is 23.2 Å². The van der Waals surface area contributed by atoms with Crippen LogP contribution in [0.3, 0.4) is 0 Å². The molecule has 0 radical (unpaired) electrons. The van der Waals surface area contributed by atoms with Gasteiger partial charge in [0.25, 0.3) is 5.91 Å². The van der Waals surface area contributed by atoms with E-state index < -0.39 is 0 Å². The number of nitriles is 1. The summed E-state index contributed by atoms with van der Waals surface area (Å²) in [6.45, 7) is 7.08. The summed E-state index contributed by atoms with van der Waals surface area (Å²) in [5.74, 6) is 0.342. The lowest BCUT2D eigenvalue weighted by Gasteiger charge is -2.24. The van der Waals surface area contributed by atoms with Gasteiger partial charge in [-0.3, -0.25) is 9.78 Å². The summed E-state index contributed by atoms with van der Waals surface area (Å²) in [6.07, 6.45) is 2.03. The minimum atomic E-state index is -0.0375. The molecule has 0 aliphatic carbocycles. The Balaban J connectivity index is 2.88. The Morgan fingerprint density at radius 2 is 2.28 bits per heavy atom. The summed E-state index contributed by atoms with van der Waals surface area (Å²) in [6, 6.07) is 5.63. The largest absolute Gasteiger partial charge is 0.337 e. The maximum Gasteiger partial charge on any atom is 0.255 e. The van der Waals surface area contributed by atoms with Crippen LogP contribution in [0.1, 0.15) is 36.3 Å². The Labute approximate surface area is 108 Å². The van der Waals surface area contributed by atoms with Crippen LogP contribution in [0.2, 0.25) is 0 Å². The molecule has 0 fully saturated rings. The number of nitrogens with zero attached hydrogens (tertiary/aromatic N) is 3. The van der Waals surface area contributed by atoms with Crippen molar-refractivity contribution < 1.29 is 4.79 Å². The summed E-state index contributed by atoms with van der Waals surface area (Å²) in [5.41, 5.74) is 1.35. The standard InChI is InChI=1S/C14H19N3O/c1-11(2)10-17(9-5-7-15)14(18)13-6-4-8-16-12(13)3/h4,6,8,11H,5,9-10H2,1-3H3. The molecule has 0 spiro atoms. The second kappa shape index (κ2) is 6.75. The van der Waals surface area contributed by atoms with Crippen molar-refractivity contribution in [3.05, 3.63) is 29.6 Å². The Bertz CT molecular complexity index is 449. The van der Waals surface area contributed by atoms with E-state index in [4.69, 9.17) is 5.26 Å². The van der Waals surface area contributed by atoms with Crippen LogP contribution in [0.5, 0.6) is 0 Å². The minimum Gasteiger partial charge on any atom is -0.337 e. The summed E-state index contributed by atoms with van der Waals surface area (Å²) in [7, 11) is 0. The predicted octanol–water partition coefficient (Wildman–Crippen LogP) is 2.40. The molecular formula is C14H19N3O. The molecule has 1 aromatic rings. The fourth-order valence-corrected chi connectivity index (χ4v) is 1.78. The maximum atomic E-state index is 12.4. The van der Waals surface area contributed by atoms with Gasteiger partial charge in [-0.25, -0.2) is 0 Å². The highest BCUT2D eigenvalue weighted by atomic mass is 16.2. The quantitative estimate of drug-likeness (QED) is 0.800. The van der Waals surface area contributed by atoms with E-state index in [0.717, 1.165) is 5.69 Å². The van der Waals surface area contributed by atoms with Gasteiger partial charge in [-0.2, -0.15) is 5.26 Å². The first-order valence-electron chi connectivity index (χ1n) is 6.14. The van der Waals surface area contributed by atoms with Gasteiger partial charge in [-0.1, -0.05) is 13.8 Å². The SMILES string of the molecule is Cc1ncccc1C(=O)N(CCC#N)CC(C)C. The highest BCUT2D eigenvalue weighted by molar-refractivity contribution is 5.95. The molecule has 4 nitrogen and oxygen atoms in total. The fraction of sp³-hybridized carbons (Fsp3) is 0.500. The number of pyridine rings is 1. The van der Waals surface area contributed by atoms with Crippen LogP contribution in [0.25, 0.3) is 0 Å². The third-order valence-corrected chi connectivity index (χ3v) is 2.60. The van der Waals surface area contributed by atoms with Gasteiger partial charge >= 0.3 is 0 Å². The Morgan fingerprint density at radius 1 is 1.56 bits per heavy atom. The van der Waals surface area contributed by atoms with Gasteiger partial charge in [-0.15, -0.1) is 0 Å². The molecule has 0 aromatic carbocycles. The van der Waals surface area contributed by atoms with E-state index in [-0.39, 0.29) is 5.91 Å². The van der Waals surface area contributed by atoms with Crippen molar-refractivity contribution in [2.75, 3.05) is 13.1 Å². The van der Waals surface area contributed by atoms with Crippen LogP contribution in [-0.4, -0.2) is 28.9 Å². The molecule has 0 aliphatic heterocycles. The molecule has 0 N–H and O–H groups in total. The van der Waals surface area contributed by atoms with Crippen LogP contribution in [0.4, 0.5) is 0 Å². The average Bonchev–Trinajstić information content (AvgIpc) is 2.34. The maximum absolute atomic E-state index is 12.4. The highest BCUT2D eigenvalue weighted by Gasteiger charge is 2.18. The monoisotopic (exact) mass is 245 g/mol. The summed E-state index contributed by atoms with van der Waals surface area (Å²) >= 11 is 0. The number of amides is 1. The van der Waals surface area contributed by atoms with E-state index in [9.17, 15) is 4.79 Å². The van der Waals surface area contributed by atoms with E-state index in [2.05, 4.69) is 24.9 Å². The number of carbonyl (C=O) groups is 1. The van der Waals surface area contributed by atoms with Crippen molar-refractivity contribution in [1.29, 1.82) is 5.26 Å². The van der Waals surface area contributed by atoms with Crippen molar-refractivity contribution in [1.82, 2.24) is 9.88 Å². The van der Waals surface area contributed by atoms with Crippen molar-refractivity contribution in [2.45, 2.75) is 27.2 Å². The third kappa shape index (κ3) is 3.85. The van der Waals surface area contributed by atoms with Gasteiger partial charge in [-0.05, 0) is 25.0 Å². The molecule has 1 aromatic heterocycles. The Hall–Kier alpha value is -1.89. The van der Waals surface area contributed by atoms with Crippen LogP contribution < -0.4 is 0 Å². The molecule has 0 atom stereocenters. The van der Waals surface area contributed by atoms with Gasteiger partial charge in [0.1, 0.15) is 0 Å². The topological polar surface area (TPSA) is 57.0 Å². The van der Waals surface area contributed by atoms with Crippen molar-refractivity contribution in [3.63, 3.8) is 0 Å². The minimum absolute atomic E-state index is 0.0375. The highest BCUT2D eigenvalue weighted by Crippen LogP contribution is 2.10. The second-order valence-corrected chi connectivity index (χ2v) is 4.69. The van der Waals surface area contributed by atoms with Crippen molar-refractivity contribution in [3.8, 4) is 6.07 Å². The number of aromatic nitrogens is 1. The third-order valence-electron chi connectivity index (χ3n) is 2.60. The normalized spacial score (nSPS) is 10.2. The molecule has 1 amide bonds. The first-order valence-corrected chi connectivity index (χ1v) is 6.14. The first-order chi connectivity index (χ1) is 8.56. The van der Waals surface area contributed by atoms with E-state index in [0.29, 0.717) is 31.0 Å². The van der Waals surface area contributed by atoms with Crippen LogP contribution in [-0.2, 0) is 0 Å². The molecule has 0 aliphatic rings. The van der Waals surface area contributed by atoms with Crippen LogP contribution in [0.15, 0.2) is 18.3 Å². The average molecular weight is 245 g/mol. The summed E-state index contributed by atoms with van der Waals surface area (Å²) in [4.78, 5) is 18.2. The van der Waals surface area contributed by atoms with E-state index in [1.807, 2.05) is 6.92 Å². The molecule has 4 heteroatoms. The summed E-state index contributed by atoms with van der Waals surface area (Å²) in [5, 5.41) is 8.66. The molecule has 1 heterocycles. The van der Waals surface area contributed by atoms with Crippen molar-refractivity contribution in [2.24, 2.45) is 5.92 Å². The van der Waals surface area contributed by atoms with Gasteiger partial charge < -0.3 is 4.90 Å². The van der Waals surface area contributed by atoms with E-state index >= 15 is 0 Å². The molecule has 0 unspecified atom stereocenters. The van der Waals surface area contributed by atoms with Crippen molar-refractivity contribution >= 4 is 5.91 Å². The number of aryl methyl sites for hydroxylation is 1. The van der Waals surface area contributed by atoms with Gasteiger partial charge in [0, 0.05) is 25.0 Å². The summed E-state index contributed by atoms with van der Waals surface area (Å²) < 4.78 is 0. The Kier molecular flexibility index (Phi) is 5.31. The second-order valence-electron chi connectivity index (χ2n) is 4.69. The van der Waals surface area contributed by atoms with Gasteiger partial charge in [0.2, 0.25) is 0 Å². The number of carbonyl (C=O) groups excluding carboxylic acids is 1. The first kappa shape index (κ1) is 14.2. The Morgan fingerprint density at radius 3 is 2.83 bits per heavy atom. The lowest BCUT2D eigenvalue weighted by Crippen LogP contribution is -2.35. The molecular weight excluding hydrogens is 226 g/mol. The zero-order valence-corrected chi connectivity index (χ0v) is 11.2. The lowest BCUT2D eigenvalue weighted by molar-refractivity contribution is 0.0738. The zero-order chi connectivity index (χ0) is 13.5. The van der Waals surface area contributed by atoms with Gasteiger partial charge in [0.15, 0.2) is 0 Å². The van der Waals surface area contributed by atoms with Crippen LogP contribution >= 0.6 is 0 Å². The fourth-order valence-electron chi connectivity index (χ4n) is 1.78. The molecule has 18 heavy (non-hydrogen) atoms. The van der Waals surface area contributed by atoms with E-state index in [1.165, 1.54) is 0 Å². The smallest absolute Gasteiger partial charge is 0.255 e. The molecule has 0 saturated heterocycles. The van der Waals surface area contributed by atoms with Crippen LogP contribution in [0, 0.1) is 24.2 Å². The predicted molar refractivity (Wildman–Crippen MR) is 69.9 cm³/mol. The number of hydrogen-bond donors (Lipinski definition) is 0. The molecule has 0 saturated carbocycles. The molecule has 96 valence electrons. The zero-order valence-electron chi connectivity index (χ0n) is 11.2. The number of rotatable bonds is 5.